The summed E-state index contributed by atoms with van der Waals surface area (Å²) < 4.78 is 1.09. The lowest BCUT2D eigenvalue weighted by Crippen LogP contribution is -2.31. The van der Waals surface area contributed by atoms with Crippen molar-refractivity contribution >= 4 is 32.6 Å². The Morgan fingerprint density at radius 3 is 2.50 bits per heavy atom. The van der Waals surface area contributed by atoms with Crippen molar-refractivity contribution in [3.8, 4) is 0 Å². The summed E-state index contributed by atoms with van der Waals surface area (Å²) in [5, 5.41) is 0.729. The fourth-order valence-electron chi connectivity index (χ4n) is 3.42. The highest BCUT2D eigenvalue weighted by molar-refractivity contribution is 7.22. The minimum atomic E-state index is 0.0351. The highest BCUT2D eigenvalue weighted by Crippen LogP contribution is 2.32. The summed E-state index contributed by atoms with van der Waals surface area (Å²) >= 11 is 1.56. The Morgan fingerprint density at radius 2 is 1.83 bits per heavy atom. The van der Waals surface area contributed by atoms with E-state index in [1.54, 1.807) is 28.6 Å². The molecule has 5 heteroatoms. The van der Waals surface area contributed by atoms with E-state index in [4.69, 9.17) is 4.98 Å². The smallest absolute Gasteiger partial charge is 0.233 e. The lowest BCUT2D eigenvalue weighted by Gasteiger charge is -2.20. The van der Waals surface area contributed by atoms with Crippen LogP contribution in [0, 0.1) is 6.92 Å². The van der Waals surface area contributed by atoms with Gasteiger partial charge in [-0.05, 0) is 47.2 Å². The van der Waals surface area contributed by atoms with Gasteiger partial charge < -0.3 is 0 Å². The third-order valence-corrected chi connectivity index (χ3v) is 6.25. The number of carbonyl (C=O) groups is 1. The monoisotopic (exact) mass is 415 g/mol. The second-order valence-electron chi connectivity index (χ2n) is 7.83. The highest BCUT2D eigenvalue weighted by Gasteiger charge is 2.21. The van der Waals surface area contributed by atoms with Gasteiger partial charge in [-0.1, -0.05) is 67.6 Å². The molecule has 0 spiro atoms. The SMILES string of the molecule is Cc1cccc2sc(N(Cc3cccnc3)C(=O)Cc3ccc(C(C)C)cc3)nc12. The number of aromatic nitrogens is 2. The number of carbonyl (C=O) groups excluding carboxylic acids is 1. The highest BCUT2D eigenvalue weighted by atomic mass is 32.1. The molecular formula is C25H25N3OS. The van der Waals surface area contributed by atoms with E-state index in [2.05, 4.69) is 62.2 Å². The molecule has 0 radical (unpaired) electrons. The van der Waals surface area contributed by atoms with Gasteiger partial charge in [0.25, 0.3) is 0 Å². The van der Waals surface area contributed by atoms with Crippen molar-refractivity contribution in [1.29, 1.82) is 0 Å². The Kier molecular flexibility index (Phi) is 5.91. The van der Waals surface area contributed by atoms with Crippen LogP contribution in [0.15, 0.2) is 67.0 Å². The predicted molar refractivity (Wildman–Crippen MR) is 124 cm³/mol. The van der Waals surface area contributed by atoms with Gasteiger partial charge in [-0.25, -0.2) is 4.98 Å². The van der Waals surface area contributed by atoms with Crippen LogP contribution in [0.3, 0.4) is 0 Å². The number of thiazole rings is 1. The third-order valence-electron chi connectivity index (χ3n) is 5.21. The van der Waals surface area contributed by atoms with Gasteiger partial charge in [0.1, 0.15) is 0 Å². The van der Waals surface area contributed by atoms with Gasteiger partial charge in [-0.3, -0.25) is 14.7 Å². The van der Waals surface area contributed by atoms with Gasteiger partial charge in [-0.2, -0.15) is 0 Å². The largest absolute Gasteiger partial charge is 0.283 e. The molecule has 0 aliphatic heterocycles. The number of rotatable bonds is 6. The standard InChI is InChI=1S/C25H25N3OS/c1-17(2)21-11-9-19(10-12-21)14-23(29)28(16-20-7-5-13-26-15-20)25-27-24-18(3)6-4-8-22(24)30-25/h4-13,15,17H,14,16H2,1-3H3. The Balaban J connectivity index is 1.65. The van der Waals surface area contributed by atoms with E-state index in [1.807, 2.05) is 18.2 Å². The lowest BCUT2D eigenvalue weighted by molar-refractivity contribution is -0.118. The van der Waals surface area contributed by atoms with Gasteiger partial charge in [-0.15, -0.1) is 0 Å². The summed E-state index contributed by atoms with van der Waals surface area (Å²) in [5.74, 6) is 0.510. The number of para-hydroxylation sites is 1. The maximum atomic E-state index is 13.4. The molecule has 4 nitrogen and oxygen atoms in total. The van der Waals surface area contributed by atoms with Crippen LogP contribution in [0.1, 0.15) is 42.0 Å². The molecule has 2 aromatic heterocycles. The van der Waals surface area contributed by atoms with E-state index in [9.17, 15) is 4.79 Å². The van der Waals surface area contributed by atoms with E-state index >= 15 is 0 Å². The molecular weight excluding hydrogens is 390 g/mol. The Labute approximate surface area is 181 Å². The first-order valence-corrected chi connectivity index (χ1v) is 11.0. The maximum Gasteiger partial charge on any atom is 0.233 e. The number of hydrogen-bond acceptors (Lipinski definition) is 4. The summed E-state index contributed by atoms with van der Waals surface area (Å²) in [7, 11) is 0. The summed E-state index contributed by atoms with van der Waals surface area (Å²) in [5.41, 5.74) is 5.35. The van der Waals surface area contributed by atoms with Crippen LogP contribution in [-0.2, 0) is 17.8 Å². The van der Waals surface area contributed by atoms with Crippen molar-refractivity contribution in [3.05, 3.63) is 89.2 Å². The number of benzene rings is 2. The third kappa shape index (κ3) is 4.41. The number of pyridine rings is 1. The molecule has 152 valence electrons. The van der Waals surface area contributed by atoms with Crippen LogP contribution in [-0.4, -0.2) is 15.9 Å². The molecule has 0 saturated carbocycles. The van der Waals surface area contributed by atoms with Crippen molar-refractivity contribution in [1.82, 2.24) is 9.97 Å². The zero-order valence-corrected chi connectivity index (χ0v) is 18.3. The molecule has 0 fully saturated rings. The van der Waals surface area contributed by atoms with Crippen LogP contribution in [0.4, 0.5) is 5.13 Å². The summed E-state index contributed by atoms with van der Waals surface area (Å²) in [6, 6.07) is 18.4. The van der Waals surface area contributed by atoms with Crippen molar-refractivity contribution in [3.63, 3.8) is 0 Å². The topological polar surface area (TPSA) is 46.1 Å². The maximum absolute atomic E-state index is 13.4. The van der Waals surface area contributed by atoms with E-state index in [0.29, 0.717) is 18.9 Å². The number of amides is 1. The molecule has 4 aromatic rings. The number of nitrogens with zero attached hydrogens (tertiary/aromatic N) is 3. The van der Waals surface area contributed by atoms with Gasteiger partial charge in [0.05, 0.1) is 23.2 Å². The average Bonchev–Trinajstić information content (AvgIpc) is 3.18. The molecule has 2 heterocycles. The van der Waals surface area contributed by atoms with Gasteiger partial charge in [0.2, 0.25) is 5.91 Å². The van der Waals surface area contributed by atoms with Crippen LogP contribution in [0.25, 0.3) is 10.2 Å². The van der Waals surface area contributed by atoms with Crippen molar-refractivity contribution in [2.24, 2.45) is 0 Å². The van der Waals surface area contributed by atoms with Crippen LogP contribution in [0.2, 0.25) is 0 Å². The minimum Gasteiger partial charge on any atom is -0.283 e. The number of aryl methyl sites for hydroxylation is 1. The van der Waals surface area contributed by atoms with E-state index in [1.165, 1.54) is 5.56 Å². The zero-order chi connectivity index (χ0) is 21.1. The van der Waals surface area contributed by atoms with E-state index in [-0.39, 0.29) is 5.91 Å². The molecule has 2 aromatic carbocycles. The minimum absolute atomic E-state index is 0.0351. The second-order valence-corrected chi connectivity index (χ2v) is 8.84. The lowest BCUT2D eigenvalue weighted by atomic mass is 10.0. The van der Waals surface area contributed by atoms with Gasteiger partial charge in [0.15, 0.2) is 5.13 Å². The molecule has 0 unspecified atom stereocenters. The number of fused-ring (bicyclic) bond motifs is 1. The zero-order valence-electron chi connectivity index (χ0n) is 17.5. The molecule has 0 atom stereocenters. The summed E-state index contributed by atoms with van der Waals surface area (Å²) in [4.78, 5) is 24.2. The Hall–Kier alpha value is -3.05. The fourth-order valence-corrected chi connectivity index (χ4v) is 4.48. The fraction of sp³-hybridized carbons (Fsp3) is 0.240. The molecule has 4 rings (SSSR count). The first-order valence-electron chi connectivity index (χ1n) is 10.2. The van der Waals surface area contributed by atoms with Gasteiger partial charge >= 0.3 is 0 Å². The molecule has 0 N–H and O–H groups in total. The number of hydrogen-bond donors (Lipinski definition) is 0. The summed E-state index contributed by atoms with van der Waals surface area (Å²) in [6.45, 7) is 6.85. The van der Waals surface area contributed by atoms with Crippen molar-refractivity contribution in [2.45, 2.75) is 39.7 Å². The Morgan fingerprint density at radius 1 is 1.03 bits per heavy atom. The number of anilines is 1. The molecule has 30 heavy (non-hydrogen) atoms. The van der Waals surface area contributed by atoms with Crippen LogP contribution in [0.5, 0.6) is 0 Å². The first-order chi connectivity index (χ1) is 14.5. The van der Waals surface area contributed by atoms with Gasteiger partial charge in [0, 0.05) is 12.4 Å². The molecule has 1 amide bonds. The first kappa shape index (κ1) is 20.2. The molecule has 0 aliphatic carbocycles. The van der Waals surface area contributed by atoms with E-state index in [0.717, 1.165) is 32.0 Å². The molecule has 0 bridgehead atoms. The normalized spacial score (nSPS) is 11.2. The Bertz CT molecular complexity index is 1150. The predicted octanol–water partition coefficient (Wildman–Crippen LogP) is 5.90. The van der Waals surface area contributed by atoms with Crippen LogP contribution < -0.4 is 4.90 Å². The van der Waals surface area contributed by atoms with E-state index < -0.39 is 0 Å². The quantitative estimate of drug-likeness (QED) is 0.394. The summed E-state index contributed by atoms with van der Waals surface area (Å²) in [6.07, 6.45) is 3.89. The molecule has 0 aliphatic rings. The van der Waals surface area contributed by atoms with Crippen LogP contribution >= 0.6 is 11.3 Å². The van der Waals surface area contributed by atoms with Crippen molar-refractivity contribution < 1.29 is 4.79 Å². The van der Waals surface area contributed by atoms with Crippen molar-refractivity contribution in [2.75, 3.05) is 4.90 Å². The molecule has 0 saturated heterocycles. The average molecular weight is 416 g/mol. The second kappa shape index (κ2) is 8.76.